The largest absolute Gasteiger partial charge is 0.416 e. The van der Waals surface area contributed by atoms with Gasteiger partial charge in [-0.3, -0.25) is 4.18 Å². The number of ether oxygens (including phenoxy) is 1. The number of sulfonamides is 1. The summed E-state index contributed by atoms with van der Waals surface area (Å²) in [5.41, 5.74) is 0.0903. The van der Waals surface area contributed by atoms with Gasteiger partial charge in [0.25, 0.3) is 10.1 Å². The number of aromatic nitrogens is 1. The summed E-state index contributed by atoms with van der Waals surface area (Å²) >= 11 is 0. The van der Waals surface area contributed by atoms with Crippen molar-refractivity contribution < 1.29 is 38.9 Å². The molecule has 2 heterocycles. The Bertz CT molecular complexity index is 1200. The molecule has 0 atom stereocenters. The van der Waals surface area contributed by atoms with Crippen molar-refractivity contribution >= 4 is 26.0 Å². The van der Waals surface area contributed by atoms with Crippen molar-refractivity contribution in [2.45, 2.75) is 18.0 Å². The van der Waals surface area contributed by atoms with Gasteiger partial charge in [-0.2, -0.15) is 25.9 Å². The lowest BCUT2D eigenvalue weighted by Crippen LogP contribution is -2.49. The minimum atomic E-state index is -4.49. The van der Waals surface area contributed by atoms with Gasteiger partial charge in [0.2, 0.25) is 10.0 Å². The molecule has 0 radical (unpaired) electrons. The van der Waals surface area contributed by atoms with Crippen molar-refractivity contribution in [3.05, 3.63) is 53.7 Å². The molecule has 0 bridgehead atoms. The highest BCUT2D eigenvalue weighted by Gasteiger charge is 2.32. The van der Waals surface area contributed by atoms with Gasteiger partial charge in [-0.15, -0.1) is 0 Å². The molecular weight excluding hydrogens is 511 g/mol. The molecule has 1 aromatic carbocycles. The molecule has 0 spiro atoms. The molecule has 0 unspecified atom stereocenters. The predicted octanol–water partition coefficient (Wildman–Crippen LogP) is 2.28. The van der Waals surface area contributed by atoms with E-state index in [1.807, 2.05) is 6.92 Å². The normalized spacial score (nSPS) is 15.9. The number of pyridine rings is 1. The quantitative estimate of drug-likeness (QED) is 0.336. The summed E-state index contributed by atoms with van der Waals surface area (Å²) in [5.74, 6) is -0.180. The lowest BCUT2D eigenvalue weighted by atomic mass is 10.2. The Balaban J connectivity index is 1.40. The van der Waals surface area contributed by atoms with Crippen molar-refractivity contribution in [1.82, 2.24) is 9.29 Å². The first-order valence-electron chi connectivity index (χ1n) is 10.7. The Kier molecular flexibility index (Phi) is 8.75. The molecule has 1 aliphatic heterocycles. The van der Waals surface area contributed by atoms with Crippen LogP contribution in [0.3, 0.4) is 0 Å². The average molecular weight is 538 g/mol. The lowest BCUT2D eigenvalue weighted by Gasteiger charge is -2.34. The van der Waals surface area contributed by atoms with E-state index in [0.717, 1.165) is 23.9 Å². The van der Waals surface area contributed by atoms with Gasteiger partial charge < -0.3 is 9.64 Å². The molecular formula is C21H26F3N3O6S2. The smallest absolute Gasteiger partial charge is 0.378 e. The monoisotopic (exact) mass is 537 g/mol. The Hall–Kier alpha value is -2.26. The third kappa shape index (κ3) is 7.61. The topological polar surface area (TPSA) is 106 Å². The molecule has 1 saturated heterocycles. The van der Waals surface area contributed by atoms with E-state index in [-0.39, 0.29) is 62.5 Å². The number of hydrogen-bond donors (Lipinski definition) is 0. The molecule has 1 fully saturated rings. The van der Waals surface area contributed by atoms with Gasteiger partial charge in [0.15, 0.2) is 0 Å². The first-order chi connectivity index (χ1) is 16.4. The number of anilines is 1. The fourth-order valence-electron chi connectivity index (χ4n) is 3.33. The summed E-state index contributed by atoms with van der Waals surface area (Å²) < 4.78 is 99.4. The zero-order chi connectivity index (χ0) is 25.7. The first-order valence-corrected chi connectivity index (χ1v) is 13.7. The van der Waals surface area contributed by atoms with Gasteiger partial charge in [-0.1, -0.05) is 17.7 Å². The molecule has 3 rings (SSSR count). The Morgan fingerprint density at radius 2 is 1.60 bits per heavy atom. The van der Waals surface area contributed by atoms with Crippen LogP contribution in [0, 0.1) is 6.92 Å². The standard InChI is InChI=1S/C21H26F3N3O6S2/c1-17-2-4-19(5-3-17)35(30,31)33-13-12-32-14-15-34(28,29)27-10-8-26(9-11-27)20-16-18(6-7-25-20)21(22,23)24/h2-7,16H,8-15H2,1H3. The number of alkyl halides is 3. The molecule has 2 aromatic rings. The van der Waals surface area contributed by atoms with E-state index in [9.17, 15) is 30.0 Å². The van der Waals surface area contributed by atoms with Gasteiger partial charge in [0, 0.05) is 32.4 Å². The van der Waals surface area contributed by atoms with Crippen LogP contribution in [0.15, 0.2) is 47.5 Å². The number of nitrogens with zero attached hydrogens (tertiary/aromatic N) is 3. The van der Waals surface area contributed by atoms with Gasteiger partial charge in [0.05, 0.1) is 36.0 Å². The van der Waals surface area contributed by atoms with E-state index in [1.165, 1.54) is 16.4 Å². The number of halogens is 3. The maximum Gasteiger partial charge on any atom is 0.416 e. The van der Waals surface area contributed by atoms with E-state index in [1.54, 1.807) is 17.0 Å². The van der Waals surface area contributed by atoms with Crippen molar-refractivity contribution in [1.29, 1.82) is 0 Å². The van der Waals surface area contributed by atoms with Gasteiger partial charge in [-0.25, -0.2) is 13.4 Å². The van der Waals surface area contributed by atoms with Crippen LogP contribution in [-0.2, 0) is 35.2 Å². The third-order valence-corrected chi connectivity index (χ3v) is 8.45. The molecule has 0 aliphatic carbocycles. The molecule has 9 nitrogen and oxygen atoms in total. The van der Waals surface area contributed by atoms with Gasteiger partial charge in [-0.05, 0) is 31.2 Å². The number of piperazine rings is 1. The van der Waals surface area contributed by atoms with Crippen molar-refractivity contribution in [3.8, 4) is 0 Å². The molecule has 14 heteroatoms. The van der Waals surface area contributed by atoms with E-state index in [2.05, 4.69) is 4.98 Å². The lowest BCUT2D eigenvalue weighted by molar-refractivity contribution is -0.137. The number of benzene rings is 1. The van der Waals surface area contributed by atoms with Crippen LogP contribution in [-0.4, -0.2) is 77.9 Å². The zero-order valence-corrected chi connectivity index (χ0v) is 20.6. The van der Waals surface area contributed by atoms with Crippen molar-refractivity contribution in [2.24, 2.45) is 0 Å². The zero-order valence-electron chi connectivity index (χ0n) is 18.9. The van der Waals surface area contributed by atoms with Gasteiger partial charge >= 0.3 is 6.18 Å². The van der Waals surface area contributed by atoms with Crippen LogP contribution in [0.1, 0.15) is 11.1 Å². The Labute approximate surface area is 202 Å². The Morgan fingerprint density at radius 3 is 2.23 bits per heavy atom. The Morgan fingerprint density at radius 1 is 0.943 bits per heavy atom. The van der Waals surface area contributed by atoms with E-state index in [0.29, 0.717) is 0 Å². The molecule has 1 aliphatic rings. The summed E-state index contributed by atoms with van der Waals surface area (Å²) in [6.45, 7) is 1.86. The molecule has 0 saturated carbocycles. The summed E-state index contributed by atoms with van der Waals surface area (Å²) in [4.78, 5) is 5.58. The van der Waals surface area contributed by atoms with Crippen LogP contribution in [0.4, 0.5) is 19.0 Å². The maximum absolute atomic E-state index is 12.9. The van der Waals surface area contributed by atoms with E-state index >= 15 is 0 Å². The van der Waals surface area contributed by atoms with Crippen molar-refractivity contribution in [3.63, 3.8) is 0 Å². The first kappa shape index (κ1) is 27.3. The second kappa shape index (κ2) is 11.2. The minimum Gasteiger partial charge on any atom is -0.378 e. The van der Waals surface area contributed by atoms with Crippen LogP contribution in [0.5, 0.6) is 0 Å². The molecule has 0 N–H and O–H groups in total. The molecule has 1 aromatic heterocycles. The van der Waals surface area contributed by atoms with Crippen LogP contribution < -0.4 is 4.90 Å². The second-order valence-electron chi connectivity index (χ2n) is 7.80. The SMILES string of the molecule is Cc1ccc(S(=O)(=O)OCCOCCS(=O)(=O)N2CCN(c3cc(C(F)(F)F)ccn3)CC2)cc1. The number of aryl methyl sites for hydroxylation is 1. The minimum absolute atomic E-state index is 0.0187. The molecule has 0 amide bonds. The van der Waals surface area contributed by atoms with Gasteiger partial charge in [0.1, 0.15) is 5.82 Å². The highest BCUT2D eigenvalue weighted by Crippen LogP contribution is 2.31. The van der Waals surface area contributed by atoms with Crippen LogP contribution in [0.25, 0.3) is 0 Å². The van der Waals surface area contributed by atoms with Crippen molar-refractivity contribution in [2.75, 3.05) is 56.7 Å². The summed E-state index contributed by atoms with van der Waals surface area (Å²) in [5, 5.41) is 0. The fraction of sp³-hybridized carbons (Fsp3) is 0.476. The van der Waals surface area contributed by atoms with E-state index < -0.39 is 31.9 Å². The summed E-state index contributed by atoms with van der Waals surface area (Å²) in [6.07, 6.45) is -3.41. The molecule has 35 heavy (non-hydrogen) atoms. The maximum atomic E-state index is 12.9. The second-order valence-corrected chi connectivity index (χ2v) is 11.5. The van der Waals surface area contributed by atoms with Crippen LogP contribution in [0.2, 0.25) is 0 Å². The number of rotatable bonds is 10. The van der Waals surface area contributed by atoms with E-state index in [4.69, 9.17) is 8.92 Å². The predicted molar refractivity (Wildman–Crippen MR) is 122 cm³/mol. The highest BCUT2D eigenvalue weighted by molar-refractivity contribution is 7.89. The summed E-state index contributed by atoms with van der Waals surface area (Å²) in [7, 11) is -7.59. The summed E-state index contributed by atoms with van der Waals surface area (Å²) in [6, 6.07) is 7.98. The highest BCUT2D eigenvalue weighted by atomic mass is 32.2. The number of hydrogen-bond acceptors (Lipinski definition) is 8. The fourth-order valence-corrected chi connectivity index (χ4v) is 5.53. The average Bonchev–Trinajstić information content (AvgIpc) is 2.81. The van der Waals surface area contributed by atoms with Crippen LogP contribution >= 0.6 is 0 Å². The third-order valence-electron chi connectivity index (χ3n) is 5.29. The molecule has 194 valence electrons.